The Bertz CT molecular complexity index is 1750. The molecular weight excluding hydrogens is 526 g/mol. The molecule has 0 bridgehead atoms. The molecule has 0 amide bonds. The number of benzene rings is 3. The number of carbonyl (C=O) groups excluding carboxylic acids is 1. The van der Waals surface area contributed by atoms with Gasteiger partial charge in [-0.1, -0.05) is 36.4 Å². The third-order valence-corrected chi connectivity index (χ3v) is 8.16. The zero-order chi connectivity index (χ0) is 27.8. The Morgan fingerprint density at radius 2 is 1.75 bits per heavy atom. The third kappa shape index (κ3) is 4.48. The fourth-order valence-electron chi connectivity index (χ4n) is 4.94. The number of fused-ring (bicyclic) bond motifs is 2. The van der Waals surface area contributed by atoms with E-state index in [2.05, 4.69) is 0 Å². The maximum Gasteiger partial charge on any atom is 0.374 e. The summed E-state index contributed by atoms with van der Waals surface area (Å²) in [5.41, 5.74) is 4.78. The average molecular weight is 553 g/mol. The van der Waals surface area contributed by atoms with E-state index in [-0.39, 0.29) is 11.5 Å². The minimum Gasteiger partial charge on any atom is -0.439 e. The van der Waals surface area contributed by atoms with Gasteiger partial charge in [0.25, 0.3) is 11.2 Å². The van der Waals surface area contributed by atoms with E-state index < -0.39 is 4.92 Å². The fourth-order valence-corrected chi connectivity index (χ4v) is 6.06. The van der Waals surface area contributed by atoms with Crippen molar-refractivity contribution in [1.29, 1.82) is 0 Å². The summed E-state index contributed by atoms with van der Waals surface area (Å²) in [6.45, 7) is 5.45. The Labute approximate surface area is 235 Å². The quantitative estimate of drug-likeness (QED) is 0.106. The van der Waals surface area contributed by atoms with E-state index in [9.17, 15) is 14.9 Å². The molecule has 3 aromatic carbocycles. The minimum atomic E-state index is -0.412. The normalized spacial score (nSPS) is 16.6. The zero-order valence-electron chi connectivity index (χ0n) is 22.0. The number of nitrogens with zero attached hydrogens (tertiary/aromatic N) is 3. The number of aryl methyl sites for hydroxylation is 1. The van der Waals surface area contributed by atoms with Crippen molar-refractivity contribution >= 4 is 46.1 Å². The molecule has 0 radical (unpaired) electrons. The molecule has 1 aliphatic heterocycles. The molecular formula is C31H26N3O5S+. The van der Waals surface area contributed by atoms with Gasteiger partial charge < -0.3 is 14.1 Å². The number of nitro groups is 1. The number of aromatic nitrogens is 1. The van der Waals surface area contributed by atoms with E-state index in [0.29, 0.717) is 41.8 Å². The predicted molar refractivity (Wildman–Crippen MR) is 155 cm³/mol. The molecule has 0 N–H and O–H groups in total. The largest absolute Gasteiger partial charge is 0.439 e. The lowest BCUT2D eigenvalue weighted by Crippen LogP contribution is -2.34. The highest BCUT2D eigenvalue weighted by Gasteiger charge is 2.37. The van der Waals surface area contributed by atoms with Crippen LogP contribution >= 0.6 is 11.8 Å². The van der Waals surface area contributed by atoms with Crippen LogP contribution in [-0.2, 0) is 17.1 Å². The lowest BCUT2D eigenvalue weighted by molar-refractivity contribution is -0.674. The number of hydrogen-bond donors (Lipinski definition) is 0. The summed E-state index contributed by atoms with van der Waals surface area (Å²) in [5.74, 6) is 2.41. The predicted octanol–water partition coefficient (Wildman–Crippen LogP) is 6.56. The monoisotopic (exact) mass is 552 g/mol. The summed E-state index contributed by atoms with van der Waals surface area (Å²) in [5, 5.41) is 11.1. The van der Waals surface area contributed by atoms with Crippen LogP contribution in [-0.4, -0.2) is 17.3 Å². The van der Waals surface area contributed by atoms with Gasteiger partial charge in [-0.25, -0.2) is 0 Å². The van der Waals surface area contributed by atoms with Gasteiger partial charge in [0.1, 0.15) is 6.54 Å². The van der Waals surface area contributed by atoms with E-state index in [4.69, 9.17) is 9.15 Å². The summed E-state index contributed by atoms with van der Waals surface area (Å²) in [6, 6.07) is 22.1. The number of Topliss-reactive ketones (excluding diaryl/α,β-unsaturated/α-hetero) is 1. The summed E-state index contributed by atoms with van der Waals surface area (Å²) in [7, 11) is 0. The molecule has 2 aliphatic rings. The number of para-hydroxylation sites is 4. The highest BCUT2D eigenvalue weighted by Crippen LogP contribution is 2.45. The molecule has 0 unspecified atom stereocenters. The fraction of sp³-hybridized carbons (Fsp3) is 0.161. The number of anilines is 1. The van der Waals surface area contributed by atoms with Crippen LogP contribution < -0.4 is 14.2 Å². The number of non-ortho nitro benzene ring substituents is 1. The van der Waals surface area contributed by atoms with Crippen LogP contribution in [0, 0.1) is 10.1 Å². The van der Waals surface area contributed by atoms with Gasteiger partial charge in [-0.15, -0.1) is 11.8 Å². The highest BCUT2D eigenvalue weighted by molar-refractivity contribution is 8.02. The SMILES string of the molecule is CCN1C(=CC2=C(SCc3ccc([N+](=O)[O-])cc3)C(=Cc3oc4ccccc4[n+]3CC)C2=O)Oc2ccccc21. The number of ether oxygens (including phenoxy) is 1. The van der Waals surface area contributed by atoms with Crippen molar-refractivity contribution in [2.24, 2.45) is 0 Å². The second-order valence-electron chi connectivity index (χ2n) is 9.29. The maximum absolute atomic E-state index is 13.6. The van der Waals surface area contributed by atoms with E-state index in [1.165, 1.54) is 23.9 Å². The summed E-state index contributed by atoms with van der Waals surface area (Å²) >= 11 is 1.52. The third-order valence-electron chi connectivity index (χ3n) is 6.95. The van der Waals surface area contributed by atoms with Gasteiger partial charge in [0, 0.05) is 52.6 Å². The first-order valence-corrected chi connectivity index (χ1v) is 14.0. The van der Waals surface area contributed by atoms with Crippen LogP contribution in [0.25, 0.3) is 17.2 Å². The molecule has 200 valence electrons. The molecule has 0 saturated heterocycles. The van der Waals surface area contributed by atoms with Crippen molar-refractivity contribution in [3.63, 3.8) is 0 Å². The second kappa shape index (κ2) is 10.5. The number of thioether (sulfide) groups is 1. The van der Waals surface area contributed by atoms with Crippen LogP contribution in [0.1, 0.15) is 25.3 Å². The number of allylic oxidation sites excluding steroid dienone is 3. The number of ketones is 1. The number of nitro benzene ring substituents is 1. The topological polar surface area (TPSA) is 89.7 Å². The van der Waals surface area contributed by atoms with Gasteiger partial charge in [-0.3, -0.25) is 14.9 Å². The zero-order valence-corrected chi connectivity index (χ0v) is 22.8. The highest BCUT2D eigenvalue weighted by atomic mass is 32.2. The molecule has 0 atom stereocenters. The molecule has 0 fully saturated rings. The smallest absolute Gasteiger partial charge is 0.374 e. The second-order valence-corrected chi connectivity index (χ2v) is 10.3. The van der Waals surface area contributed by atoms with Crippen LogP contribution in [0.5, 0.6) is 5.75 Å². The molecule has 0 saturated carbocycles. The van der Waals surface area contributed by atoms with Gasteiger partial charge in [0.15, 0.2) is 11.5 Å². The molecule has 4 aromatic rings. The Hall–Kier alpha value is -4.63. The minimum absolute atomic E-state index is 0.0457. The van der Waals surface area contributed by atoms with Crippen LogP contribution in [0.2, 0.25) is 0 Å². The molecule has 1 aromatic heterocycles. The van der Waals surface area contributed by atoms with E-state index in [0.717, 1.165) is 33.0 Å². The van der Waals surface area contributed by atoms with Crippen LogP contribution in [0.4, 0.5) is 11.4 Å². The summed E-state index contributed by atoms with van der Waals surface area (Å²) < 4.78 is 14.3. The van der Waals surface area contributed by atoms with Crippen molar-refractivity contribution in [1.82, 2.24) is 0 Å². The van der Waals surface area contributed by atoms with Crippen LogP contribution in [0.3, 0.4) is 0 Å². The first-order chi connectivity index (χ1) is 19.5. The van der Waals surface area contributed by atoms with Crippen molar-refractivity contribution in [3.8, 4) is 5.75 Å². The molecule has 1 aliphatic carbocycles. The first kappa shape index (κ1) is 25.6. The number of carbonyl (C=O) groups is 1. The summed E-state index contributed by atoms with van der Waals surface area (Å²) in [6.07, 6.45) is 3.63. The molecule has 9 heteroatoms. The van der Waals surface area contributed by atoms with Gasteiger partial charge in [-0.05, 0) is 37.6 Å². The Kier molecular flexibility index (Phi) is 6.73. The van der Waals surface area contributed by atoms with E-state index in [1.807, 2.05) is 84.0 Å². The van der Waals surface area contributed by atoms with Crippen molar-refractivity contribution in [2.45, 2.75) is 26.1 Å². The maximum atomic E-state index is 13.6. The number of oxazole rings is 1. The lowest BCUT2D eigenvalue weighted by atomic mass is 9.89. The molecule has 6 rings (SSSR count). The molecule has 2 heterocycles. The van der Waals surface area contributed by atoms with Gasteiger partial charge in [0.2, 0.25) is 11.5 Å². The lowest BCUT2D eigenvalue weighted by Gasteiger charge is -2.24. The van der Waals surface area contributed by atoms with Gasteiger partial charge in [-0.2, -0.15) is 4.57 Å². The average Bonchev–Trinajstić information content (AvgIpc) is 3.52. The Morgan fingerprint density at radius 3 is 2.50 bits per heavy atom. The number of hydrogen-bond acceptors (Lipinski definition) is 7. The Morgan fingerprint density at radius 1 is 1.00 bits per heavy atom. The van der Waals surface area contributed by atoms with Gasteiger partial charge >= 0.3 is 5.89 Å². The first-order valence-electron chi connectivity index (χ1n) is 13.0. The molecule has 8 nitrogen and oxygen atoms in total. The Balaban J connectivity index is 1.39. The van der Waals surface area contributed by atoms with Gasteiger partial charge in [0.05, 0.1) is 16.7 Å². The molecule has 0 spiro atoms. The van der Waals surface area contributed by atoms with Crippen molar-refractivity contribution < 1.29 is 23.4 Å². The number of rotatable bonds is 8. The van der Waals surface area contributed by atoms with E-state index >= 15 is 0 Å². The molecule has 40 heavy (non-hydrogen) atoms. The van der Waals surface area contributed by atoms with Crippen molar-refractivity contribution in [3.05, 3.63) is 122 Å². The van der Waals surface area contributed by atoms with Crippen LogP contribution in [0.15, 0.2) is 105 Å². The van der Waals surface area contributed by atoms with E-state index in [1.54, 1.807) is 12.1 Å². The standard InChI is InChI=1S/C31H26N3O5S/c1-3-32-24-9-5-7-11-26(24)38-28(32)17-22-30(35)23(18-29-33(4-2)25-10-6-8-12-27(25)39-29)31(22)40-19-20-13-15-21(16-14-20)34(36)37/h5-18H,3-4,19H2,1-2H3/q+1. The summed E-state index contributed by atoms with van der Waals surface area (Å²) in [4.78, 5) is 27.1. The van der Waals surface area contributed by atoms with Crippen molar-refractivity contribution in [2.75, 3.05) is 11.4 Å².